The second kappa shape index (κ2) is 6.04. The highest BCUT2D eigenvalue weighted by Gasteiger charge is 2.35. The van der Waals surface area contributed by atoms with Crippen LogP contribution in [-0.4, -0.2) is 28.8 Å². The first kappa shape index (κ1) is 13.8. The molecule has 0 aromatic carbocycles. The van der Waals surface area contributed by atoms with Gasteiger partial charge < -0.3 is 15.0 Å². The minimum Gasteiger partial charge on any atom is -0.367 e. The Bertz CT molecular complexity index is 377. The van der Waals surface area contributed by atoms with E-state index in [2.05, 4.69) is 16.4 Å². The molecule has 1 aromatic rings. The fourth-order valence-electron chi connectivity index (χ4n) is 2.08. The summed E-state index contributed by atoms with van der Waals surface area (Å²) in [6.07, 6.45) is 6.09. The zero-order valence-electron chi connectivity index (χ0n) is 11.0. The number of rotatable bonds is 5. The molecule has 2 atom stereocenters. The number of nitrogens with zero attached hydrogens (tertiary/aromatic N) is 2. The van der Waals surface area contributed by atoms with Crippen LogP contribution in [0.1, 0.15) is 50.4 Å². The van der Waals surface area contributed by atoms with E-state index in [1.54, 1.807) is 11.8 Å². The molecule has 102 valence electrons. The van der Waals surface area contributed by atoms with Gasteiger partial charge in [0.25, 0.3) is 0 Å². The third-order valence-electron chi connectivity index (χ3n) is 3.33. The second-order valence-electron chi connectivity index (χ2n) is 4.88. The molecule has 0 aliphatic carbocycles. The van der Waals surface area contributed by atoms with E-state index < -0.39 is 5.60 Å². The lowest BCUT2D eigenvalue weighted by Crippen LogP contribution is -2.31. The van der Waals surface area contributed by atoms with E-state index in [1.807, 2.05) is 6.92 Å². The Morgan fingerprint density at radius 1 is 1.50 bits per heavy atom. The molecular formula is C12H21N3O2S. The first-order valence-electron chi connectivity index (χ1n) is 6.38. The van der Waals surface area contributed by atoms with Crippen molar-refractivity contribution >= 4 is 11.8 Å². The van der Waals surface area contributed by atoms with Gasteiger partial charge in [-0.25, -0.2) is 0 Å². The van der Waals surface area contributed by atoms with Crippen molar-refractivity contribution in [1.82, 2.24) is 10.1 Å². The molecule has 1 saturated heterocycles. The van der Waals surface area contributed by atoms with Crippen LogP contribution in [0, 0.1) is 0 Å². The van der Waals surface area contributed by atoms with Gasteiger partial charge in [0, 0.05) is 6.61 Å². The van der Waals surface area contributed by atoms with E-state index in [1.165, 1.54) is 0 Å². The highest BCUT2D eigenvalue weighted by Crippen LogP contribution is 2.33. The lowest BCUT2D eigenvalue weighted by Gasteiger charge is -2.30. The van der Waals surface area contributed by atoms with Gasteiger partial charge in [0.05, 0.1) is 6.04 Å². The summed E-state index contributed by atoms with van der Waals surface area (Å²) in [6, 6.07) is -0.175. The molecule has 0 saturated carbocycles. The summed E-state index contributed by atoms with van der Waals surface area (Å²) in [6.45, 7) is 2.78. The maximum atomic E-state index is 6.02. The van der Waals surface area contributed by atoms with Crippen molar-refractivity contribution in [2.75, 3.05) is 18.6 Å². The second-order valence-corrected chi connectivity index (χ2v) is 5.87. The smallest absolute Gasteiger partial charge is 0.243 e. The maximum Gasteiger partial charge on any atom is 0.243 e. The average molecular weight is 271 g/mol. The number of ether oxygens (including phenoxy) is 1. The van der Waals surface area contributed by atoms with Gasteiger partial charge >= 0.3 is 0 Å². The predicted molar refractivity (Wildman–Crippen MR) is 71.4 cm³/mol. The molecule has 1 fully saturated rings. The Labute approximate surface area is 112 Å². The molecule has 6 heteroatoms. The van der Waals surface area contributed by atoms with Gasteiger partial charge in [-0.05, 0) is 44.6 Å². The molecule has 0 bridgehead atoms. The third kappa shape index (κ3) is 3.05. The number of hydrogen-bond donors (Lipinski definition) is 1. The fraction of sp³-hybridized carbons (Fsp3) is 0.833. The molecule has 2 rings (SSSR count). The summed E-state index contributed by atoms with van der Waals surface area (Å²) in [7, 11) is 0. The zero-order chi connectivity index (χ0) is 13.0. The predicted octanol–water partition coefficient (Wildman–Crippen LogP) is 2.24. The van der Waals surface area contributed by atoms with Crippen LogP contribution in [0.2, 0.25) is 0 Å². The van der Waals surface area contributed by atoms with Gasteiger partial charge in [0.15, 0.2) is 0 Å². The van der Waals surface area contributed by atoms with Gasteiger partial charge in [0.1, 0.15) is 5.60 Å². The van der Waals surface area contributed by atoms with Gasteiger partial charge in [-0.2, -0.15) is 16.7 Å². The largest absolute Gasteiger partial charge is 0.367 e. The monoisotopic (exact) mass is 271 g/mol. The minimum atomic E-state index is -0.404. The SMILES string of the molecule is CSCCC(N)c1nc(C2(C)CCCCO2)no1. The summed E-state index contributed by atoms with van der Waals surface area (Å²) >= 11 is 1.76. The Morgan fingerprint density at radius 2 is 2.33 bits per heavy atom. The molecule has 1 aromatic heterocycles. The Hall–Kier alpha value is -0.590. The van der Waals surface area contributed by atoms with Crippen LogP contribution in [0.15, 0.2) is 4.52 Å². The van der Waals surface area contributed by atoms with Crippen LogP contribution >= 0.6 is 11.8 Å². The molecule has 2 unspecified atom stereocenters. The van der Waals surface area contributed by atoms with E-state index in [0.29, 0.717) is 11.7 Å². The van der Waals surface area contributed by atoms with E-state index in [-0.39, 0.29) is 6.04 Å². The molecule has 2 N–H and O–H groups in total. The molecule has 0 radical (unpaired) electrons. The van der Waals surface area contributed by atoms with Crippen molar-refractivity contribution in [2.45, 2.75) is 44.2 Å². The lowest BCUT2D eigenvalue weighted by atomic mass is 9.95. The topological polar surface area (TPSA) is 74.2 Å². The van der Waals surface area contributed by atoms with E-state index in [9.17, 15) is 0 Å². The van der Waals surface area contributed by atoms with E-state index >= 15 is 0 Å². The van der Waals surface area contributed by atoms with Crippen LogP contribution in [0.3, 0.4) is 0 Å². The minimum absolute atomic E-state index is 0.175. The fourth-order valence-corrected chi connectivity index (χ4v) is 2.57. The van der Waals surface area contributed by atoms with Crippen molar-refractivity contribution in [1.29, 1.82) is 0 Å². The molecule has 0 spiro atoms. The summed E-state index contributed by atoms with van der Waals surface area (Å²) < 4.78 is 11.1. The van der Waals surface area contributed by atoms with Crippen LogP contribution in [0.25, 0.3) is 0 Å². The van der Waals surface area contributed by atoms with Gasteiger partial charge in [-0.1, -0.05) is 5.16 Å². The third-order valence-corrected chi connectivity index (χ3v) is 3.98. The van der Waals surface area contributed by atoms with E-state index in [4.69, 9.17) is 15.0 Å². The van der Waals surface area contributed by atoms with Crippen LogP contribution in [0.4, 0.5) is 0 Å². The molecule has 5 nitrogen and oxygen atoms in total. The van der Waals surface area contributed by atoms with Crippen LogP contribution in [0.5, 0.6) is 0 Å². The maximum absolute atomic E-state index is 6.02. The standard InChI is InChI=1S/C12H21N3O2S/c1-12(6-3-4-7-16-12)11-14-10(17-15-11)9(13)5-8-18-2/h9H,3-8,13H2,1-2H3. The molecule has 1 aliphatic heterocycles. The zero-order valence-corrected chi connectivity index (χ0v) is 11.8. The van der Waals surface area contributed by atoms with Crippen molar-refractivity contribution in [3.8, 4) is 0 Å². The summed E-state index contributed by atoms with van der Waals surface area (Å²) in [4.78, 5) is 4.42. The number of hydrogen-bond acceptors (Lipinski definition) is 6. The highest BCUT2D eigenvalue weighted by molar-refractivity contribution is 7.98. The first-order valence-corrected chi connectivity index (χ1v) is 7.77. The molecule has 0 amide bonds. The Kier molecular flexibility index (Phi) is 4.64. The summed E-state index contributed by atoms with van der Waals surface area (Å²) in [5.41, 5.74) is 5.61. The van der Waals surface area contributed by atoms with Crippen molar-refractivity contribution < 1.29 is 9.26 Å². The highest BCUT2D eigenvalue weighted by atomic mass is 32.2. The number of thioether (sulfide) groups is 1. The van der Waals surface area contributed by atoms with Gasteiger partial charge in [-0.3, -0.25) is 0 Å². The van der Waals surface area contributed by atoms with Crippen molar-refractivity contribution in [3.05, 3.63) is 11.7 Å². The molecular weight excluding hydrogens is 250 g/mol. The average Bonchev–Trinajstić information content (AvgIpc) is 2.87. The Morgan fingerprint density at radius 3 is 3.00 bits per heavy atom. The number of aromatic nitrogens is 2. The van der Waals surface area contributed by atoms with Crippen molar-refractivity contribution in [3.63, 3.8) is 0 Å². The van der Waals surface area contributed by atoms with Crippen molar-refractivity contribution in [2.24, 2.45) is 5.73 Å². The normalized spacial score (nSPS) is 26.2. The summed E-state index contributed by atoms with van der Waals surface area (Å²) in [5.74, 6) is 2.15. The quantitative estimate of drug-likeness (QED) is 0.885. The van der Waals surface area contributed by atoms with Crippen LogP contribution in [-0.2, 0) is 10.3 Å². The van der Waals surface area contributed by atoms with Crippen LogP contribution < -0.4 is 5.73 Å². The lowest BCUT2D eigenvalue weighted by molar-refractivity contribution is -0.0770. The van der Waals surface area contributed by atoms with Gasteiger partial charge in [-0.15, -0.1) is 0 Å². The summed E-state index contributed by atoms with van der Waals surface area (Å²) in [5, 5.41) is 4.04. The van der Waals surface area contributed by atoms with E-state index in [0.717, 1.165) is 38.0 Å². The van der Waals surface area contributed by atoms with Gasteiger partial charge in [0.2, 0.25) is 11.7 Å². The Balaban J connectivity index is 2.04. The molecule has 2 heterocycles. The first-order chi connectivity index (χ1) is 8.65. The molecule has 18 heavy (non-hydrogen) atoms. The molecule has 1 aliphatic rings. The number of nitrogens with two attached hydrogens (primary N) is 1.